The molecule has 51 heavy (non-hydrogen) atoms. The molecule has 0 fully saturated rings. The van der Waals surface area contributed by atoms with E-state index in [0.29, 0.717) is 0 Å². The number of benzene rings is 8. The minimum atomic E-state index is 0.0149. The van der Waals surface area contributed by atoms with Gasteiger partial charge in [0.1, 0.15) is 0 Å². The van der Waals surface area contributed by atoms with Gasteiger partial charge in [0.15, 0.2) is 0 Å². The minimum absolute atomic E-state index is 0.0149. The van der Waals surface area contributed by atoms with Crippen LogP contribution in [-0.4, -0.2) is 4.57 Å². The van der Waals surface area contributed by atoms with Crippen LogP contribution in [0.1, 0.15) is 43.9 Å². The van der Waals surface area contributed by atoms with E-state index >= 15 is 0 Å². The van der Waals surface area contributed by atoms with E-state index < -0.39 is 0 Å². The van der Waals surface area contributed by atoms with Crippen molar-refractivity contribution in [2.45, 2.75) is 39.0 Å². The topological polar surface area (TPSA) is 4.93 Å². The molecular weight excluding hydrogens is 615 g/mol. The van der Waals surface area contributed by atoms with Crippen LogP contribution in [0, 0.1) is 0 Å². The number of rotatable bonds is 3. The van der Waals surface area contributed by atoms with Gasteiger partial charge in [-0.1, -0.05) is 136 Å². The number of fused-ring (bicyclic) bond motifs is 8. The highest BCUT2D eigenvalue weighted by atomic mass is 15.0. The van der Waals surface area contributed by atoms with Crippen molar-refractivity contribution in [2.24, 2.45) is 0 Å². The van der Waals surface area contributed by atoms with Gasteiger partial charge in [0, 0.05) is 16.5 Å². The van der Waals surface area contributed by atoms with E-state index in [-0.39, 0.29) is 5.41 Å². The van der Waals surface area contributed by atoms with Crippen molar-refractivity contribution in [1.29, 1.82) is 0 Å². The third kappa shape index (κ3) is 4.61. The molecule has 1 nitrogen and oxygen atoms in total. The monoisotopic (exact) mass is 653 g/mol. The summed E-state index contributed by atoms with van der Waals surface area (Å²) in [5.41, 5.74) is 13.2. The first-order valence-electron chi connectivity index (χ1n) is 18.3. The largest absolute Gasteiger partial charge is 0.309 e. The Morgan fingerprint density at radius 3 is 2.04 bits per heavy atom. The number of hydrogen-bond donors (Lipinski definition) is 0. The maximum atomic E-state index is 2.50. The van der Waals surface area contributed by atoms with Gasteiger partial charge in [-0.2, -0.15) is 0 Å². The zero-order valence-electron chi connectivity index (χ0n) is 29.4. The molecule has 244 valence electrons. The van der Waals surface area contributed by atoms with Crippen LogP contribution < -0.4 is 0 Å². The summed E-state index contributed by atoms with van der Waals surface area (Å²) < 4.78 is 2.41. The van der Waals surface area contributed by atoms with Gasteiger partial charge in [0.05, 0.1) is 11.0 Å². The maximum absolute atomic E-state index is 2.50. The van der Waals surface area contributed by atoms with Crippen LogP contribution in [0.4, 0.5) is 0 Å². The SMILES string of the molecule is CC(C)(C)c1ccc2c(-c3ccc4c(c3)c3ccccc3n4-c3ccccc3)c3c(c(-c4cc5ccccc5c5ccccc45)c2c1)C=CCC3. The molecular formula is C50H39N. The molecule has 1 aliphatic carbocycles. The molecule has 0 unspecified atom stereocenters. The Labute approximate surface area is 299 Å². The summed E-state index contributed by atoms with van der Waals surface area (Å²) in [6.45, 7) is 6.98. The molecule has 0 spiro atoms. The quantitative estimate of drug-likeness (QED) is 0.167. The predicted molar refractivity (Wildman–Crippen MR) is 220 cm³/mol. The van der Waals surface area contributed by atoms with E-state index in [4.69, 9.17) is 0 Å². The summed E-state index contributed by atoms with van der Waals surface area (Å²) >= 11 is 0. The van der Waals surface area contributed by atoms with Crippen molar-refractivity contribution in [3.05, 3.63) is 168 Å². The second-order valence-corrected chi connectivity index (χ2v) is 15.2. The van der Waals surface area contributed by atoms with Crippen LogP contribution in [0.3, 0.4) is 0 Å². The molecule has 0 saturated carbocycles. The maximum Gasteiger partial charge on any atom is 0.0541 e. The number of nitrogens with zero attached hydrogens (tertiary/aromatic N) is 1. The van der Waals surface area contributed by atoms with Gasteiger partial charge in [0.25, 0.3) is 0 Å². The second-order valence-electron chi connectivity index (χ2n) is 15.2. The lowest BCUT2D eigenvalue weighted by Gasteiger charge is -2.27. The number of hydrogen-bond acceptors (Lipinski definition) is 0. The van der Waals surface area contributed by atoms with Crippen molar-refractivity contribution in [2.75, 3.05) is 0 Å². The zero-order valence-corrected chi connectivity index (χ0v) is 29.4. The molecule has 8 aromatic carbocycles. The van der Waals surface area contributed by atoms with E-state index in [9.17, 15) is 0 Å². The highest BCUT2D eigenvalue weighted by molar-refractivity contribution is 6.20. The summed E-state index contributed by atoms with van der Waals surface area (Å²) in [6, 6.07) is 54.4. The third-order valence-electron chi connectivity index (χ3n) is 11.2. The third-order valence-corrected chi connectivity index (χ3v) is 11.2. The van der Waals surface area contributed by atoms with Crippen molar-refractivity contribution >= 4 is 60.2 Å². The first-order valence-corrected chi connectivity index (χ1v) is 18.3. The molecule has 0 atom stereocenters. The van der Waals surface area contributed by atoms with E-state index in [2.05, 4.69) is 183 Å². The first-order chi connectivity index (χ1) is 25.0. The van der Waals surface area contributed by atoms with Crippen molar-refractivity contribution in [1.82, 2.24) is 4.57 Å². The average Bonchev–Trinajstić information content (AvgIpc) is 3.50. The van der Waals surface area contributed by atoms with Crippen molar-refractivity contribution < 1.29 is 0 Å². The molecule has 9 aromatic rings. The smallest absolute Gasteiger partial charge is 0.0541 e. The van der Waals surface area contributed by atoms with E-state index in [0.717, 1.165) is 12.8 Å². The lowest BCUT2D eigenvalue weighted by molar-refractivity contribution is 0.591. The minimum Gasteiger partial charge on any atom is -0.309 e. The Kier molecular flexibility index (Phi) is 6.64. The Bertz CT molecular complexity index is 2880. The molecule has 0 aliphatic heterocycles. The molecule has 0 amide bonds. The van der Waals surface area contributed by atoms with Crippen molar-refractivity contribution in [3.63, 3.8) is 0 Å². The highest BCUT2D eigenvalue weighted by Gasteiger charge is 2.25. The first kappa shape index (κ1) is 29.9. The molecule has 0 saturated heterocycles. The van der Waals surface area contributed by atoms with Gasteiger partial charge < -0.3 is 4.57 Å². The van der Waals surface area contributed by atoms with E-state index in [1.165, 1.54) is 98.8 Å². The molecule has 1 heteroatoms. The molecule has 1 aliphatic rings. The van der Waals surface area contributed by atoms with Gasteiger partial charge in [0.2, 0.25) is 0 Å². The highest BCUT2D eigenvalue weighted by Crippen LogP contribution is 2.49. The fourth-order valence-electron chi connectivity index (χ4n) is 8.77. The number of allylic oxidation sites excluding steroid dienone is 1. The standard InChI is InChI=1S/C50H39N/c1-50(2,3)34-26-27-42-45(31-34)49(44-29-32-15-7-8-18-36(32)37-19-9-10-20-38(37)44)41-23-12-11-22-40(41)48(42)33-25-28-47-43(30-33)39-21-13-14-24-46(39)51(47)35-16-5-4-6-17-35/h4-10,12-21,23-31H,11,22H2,1-3H3. The summed E-state index contributed by atoms with van der Waals surface area (Å²) in [6.07, 6.45) is 6.86. The van der Waals surface area contributed by atoms with Crippen LogP contribution in [0.25, 0.3) is 88.1 Å². The molecule has 1 heterocycles. The second kappa shape index (κ2) is 11.3. The lowest BCUT2D eigenvalue weighted by Crippen LogP contribution is -2.11. The Morgan fingerprint density at radius 2 is 1.22 bits per heavy atom. The van der Waals surface area contributed by atoms with Gasteiger partial charge in [-0.15, -0.1) is 0 Å². The normalized spacial score (nSPS) is 13.2. The van der Waals surface area contributed by atoms with Crippen LogP contribution in [0.5, 0.6) is 0 Å². The molecule has 0 N–H and O–H groups in total. The van der Waals surface area contributed by atoms with E-state index in [1.807, 2.05) is 0 Å². The Morgan fingerprint density at radius 1 is 0.510 bits per heavy atom. The van der Waals surface area contributed by atoms with Gasteiger partial charge >= 0.3 is 0 Å². The van der Waals surface area contributed by atoms with Gasteiger partial charge in [-0.05, 0) is 132 Å². The fourth-order valence-corrected chi connectivity index (χ4v) is 8.77. The molecule has 0 bridgehead atoms. The van der Waals surface area contributed by atoms with Crippen LogP contribution in [0.15, 0.2) is 152 Å². The van der Waals surface area contributed by atoms with Crippen molar-refractivity contribution in [3.8, 4) is 27.9 Å². The Balaban J connectivity index is 1.33. The molecule has 10 rings (SSSR count). The van der Waals surface area contributed by atoms with Crippen LogP contribution in [-0.2, 0) is 11.8 Å². The summed E-state index contributed by atoms with van der Waals surface area (Å²) in [5.74, 6) is 0. The average molecular weight is 654 g/mol. The van der Waals surface area contributed by atoms with Crippen LogP contribution >= 0.6 is 0 Å². The Hall–Kier alpha value is -5.92. The molecule has 0 radical (unpaired) electrons. The van der Waals surface area contributed by atoms with Crippen LogP contribution in [0.2, 0.25) is 0 Å². The summed E-state index contributed by atoms with van der Waals surface area (Å²) in [5, 5.41) is 10.4. The van der Waals surface area contributed by atoms with Gasteiger partial charge in [-0.3, -0.25) is 0 Å². The zero-order chi connectivity index (χ0) is 34.3. The lowest BCUT2D eigenvalue weighted by atomic mass is 9.77. The predicted octanol–water partition coefficient (Wildman–Crippen LogP) is 13.8. The summed E-state index contributed by atoms with van der Waals surface area (Å²) in [4.78, 5) is 0. The summed E-state index contributed by atoms with van der Waals surface area (Å²) in [7, 11) is 0. The number of aromatic nitrogens is 1. The fraction of sp³-hybridized carbons (Fsp3) is 0.120. The van der Waals surface area contributed by atoms with E-state index in [1.54, 1.807) is 0 Å². The van der Waals surface area contributed by atoms with Gasteiger partial charge in [-0.25, -0.2) is 0 Å². The number of para-hydroxylation sites is 2. The molecule has 1 aromatic heterocycles.